The van der Waals surface area contributed by atoms with Crippen LogP contribution in [-0.4, -0.2) is 50.1 Å². The van der Waals surface area contributed by atoms with Gasteiger partial charge in [0, 0.05) is 37.9 Å². The summed E-state index contributed by atoms with van der Waals surface area (Å²) in [5, 5.41) is 2.99. The number of nitrogens with one attached hydrogen (secondary N) is 1. The molecule has 2 aromatic rings. The molecule has 0 bridgehead atoms. The molecule has 0 saturated heterocycles. The van der Waals surface area contributed by atoms with Gasteiger partial charge in [-0.3, -0.25) is 9.59 Å². The predicted molar refractivity (Wildman–Crippen MR) is 106 cm³/mol. The van der Waals surface area contributed by atoms with E-state index in [0.29, 0.717) is 37.6 Å². The highest BCUT2D eigenvalue weighted by Crippen LogP contribution is 2.25. The maximum atomic E-state index is 12.6. The molecule has 2 aromatic carbocycles. The van der Waals surface area contributed by atoms with E-state index in [-0.39, 0.29) is 24.3 Å². The first kappa shape index (κ1) is 19.9. The second-order valence-electron chi connectivity index (χ2n) is 6.94. The van der Waals surface area contributed by atoms with Crippen LogP contribution >= 0.6 is 0 Å². The molecule has 0 radical (unpaired) electrons. The molecule has 0 saturated carbocycles. The monoisotopic (exact) mass is 382 g/mol. The molecule has 148 valence electrons. The van der Waals surface area contributed by atoms with Crippen molar-refractivity contribution in [1.29, 1.82) is 0 Å². The third kappa shape index (κ3) is 4.89. The number of hydrogen-bond acceptors (Lipinski definition) is 4. The molecule has 1 heterocycles. The topological polar surface area (TPSA) is 67.9 Å². The SMILES string of the molecule is COCCN1Cc2cc(C(=O)NC[C@@H](C)c3ccccc3)ccc2OCC1=O. The van der Waals surface area contributed by atoms with Crippen LogP contribution in [0.25, 0.3) is 0 Å². The number of methoxy groups -OCH3 is 1. The van der Waals surface area contributed by atoms with Gasteiger partial charge >= 0.3 is 0 Å². The van der Waals surface area contributed by atoms with E-state index in [1.54, 1.807) is 30.2 Å². The highest BCUT2D eigenvalue weighted by atomic mass is 16.5. The van der Waals surface area contributed by atoms with Gasteiger partial charge in [0.1, 0.15) is 5.75 Å². The van der Waals surface area contributed by atoms with Gasteiger partial charge in [0.2, 0.25) is 0 Å². The minimum Gasteiger partial charge on any atom is -0.483 e. The minimum atomic E-state index is -0.135. The maximum Gasteiger partial charge on any atom is 0.260 e. The van der Waals surface area contributed by atoms with Crippen molar-refractivity contribution in [2.75, 3.05) is 33.4 Å². The molecule has 6 heteroatoms. The van der Waals surface area contributed by atoms with Gasteiger partial charge in [0.05, 0.1) is 6.61 Å². The van der Waals surface area contributed by atoms with Crippen molar-refractivity contribution in [1.82, 2.24) is 10.2 Å². The lowest BCUT2D eigenvalue weighted by Crippen LogP contribution is -2.35. The van der Waals surface area contributed by atoms with Crippen LogP contribution in [0.1, 0.15) is 34.3 Å². The summed E-state index contributed by atoms with van der Waals surface area (Å²) in [6.45, 7) is 3.98. The van der Waals surface area contributed by atoms with Crippen molar-refractivity contribution in [3.05, 3.63) is 65.2 Å². The van der Waals surface area contributed by atoms with Crippen LogP contribution in [0.2, 0.25) is 0 Å². The Morgan fingerprint density at radius 3 is 2.79 bits per heavy atom. The molecule has 1 aliphatic heterocycles. The summed E-state index contributed by atoms with van der Waals surface area (Å²) < 4.78 is 10.7. The quantitative estimate of drug-likeness (QED) is 0.799. The Bertz CT molecular complexity index is 823. The van der Waals surface area contributed by atoms with E-state index in [1.165, 1.54) is 5.56 Å². The first-order valence-corrected chi connectivity index (χ1v) is 9.44. The van der Waals surface area contributed by atoms with E-state index in [4.69, 9.17) is 9.47 Å². The third-order valence-electron chi connectivity index (χ3n) is 4.89. The molecular formula is C22H26N2O4. The average molecular weight is 382 g/mol. The summed E-state index contributed by atoms with van der Waals surface area (Å²) in [6.07, 6.45) is 0. The standard InChI is InChI=1S/C22H26N2O4/c1-16(17-6-4-3-5-7-17)13-23-22(26)18-8-9-20-19(12-18)14-24(10-11-27-2)21(25)15-28-20/h3-9,12,16H,10-11,13-15H2,1-2H3,(H,23,26)/t16-/m1/s1. The lowest BCUT2D eigenvalue weighted by molar-refractivity contribution is -0.133. The van der Waals surface area contributed by atoms with E-state index in [0.717, 1.165) is 5.56 Å². The van der Waals surface area contributed by atoms with Crippen molar-refractivity contribution >= 4 is 11.8 Å². The average Bonchev–Trinajstić information content (AvgIpc) is 2.89. The van der Waals surface area contributed by atoms with Gasteiger partial charge < -0.3 is 19.7 Å². The number of rotatable bonds is 7. The zero-order chi connectivity index (χ0) is 19.9. The minimum absolute atomic E-state index is 0.00313. The molecule has 0 aromatic heterocycles. The van der Waals surface area contributed by atoms with Gasteiger partial charge in [-0.2, -0.15) is 0 Å². The first-order chi connectivity index (χ1) is 13.6. The highest BCUT2D eigenvalue weighted by Gasteiger charge is 2.22. The zero-order valence-electron chi connectivity index (χ0n) is 16.3. The molecule has 3 rings (SSSR count). The molecular weight excluding hydrogens is 356 g/mol. The second-order valence-corrected chi connectivity index (χ2v) is 6.94. The molecule has 2 amide bonds. The van der Waals surface area contributed by atoms with Crippen molar-refractivity contribution < 1.29 is 19.1 Å². The van der Waals surface area contributed by atoms with Crippen LogP contribution in [-0.2, 0) is 16.1 Å². The number of fused-ring (bicyclic) bond motifs is 1. The summed E-state index contributed by atoms with van der Waals surface area (Å²) in [5.41, 5.74) is 2.57. The lowest BCUT2D eigenvalue weighted by Gasteiger charge is -2.19. The lowest BCUT2D eigenvalue weighted by atomic mass is 10.0. The fourth-order valence-electron chi connectivity index (χ4n) is 3.16. The highest BCUT2D eigenvalue weighted by molar-refractivity contribution is 5.94. The molecule has 0 fully saturated rings. The number of benzene rings is 2. The number of hydrogen-bond donors (Lipinski definition) is 1. The van der Waals surface area contributed by atoms with Gasteiger partial charge in [-0.1, -0.05) is 37.3 Å². The van der Waals surface area contributed by atoms with E-state index < -0.39 is 0 Å². The number of amides is 2. The van der Waals surface area contributed by atoms with Crippen LogP contribution in [0.3, 0.4) is 0 Å². The molecule has 1 N–H and O–H groups in total. The molecule has 0 aliphatic carbocycles. The van der Waals surface area contributed by atoms with Gasteiger partial charge in [-0.05, 0) is 29.7 Å². The fourth-order valence-corrected chi connectivity index (χ4v) is 3.16. The molecule has 28 heavy (non-hydrogen) atoms. The van der Waals surface area contributed by atoms with Gasteiger partial charge in [0.25, 0.3) is 11.8 Å². The van der Waals surface area contributed by atoms with Gasteiger partial charge in [-0.15, -0.1) is 0 Å². The molecule has 6 nitrogen and oxygen atoms in total. The molecule has 0 unspecified atom stereocenters. The number of ether oxygens (including phenoxy) is 2. The number of carbonyl (C=O) groups excluding carboxylic acids is 2. The zero-order valence-corrected chi connectivity index (χ0v) is 16.3. The van der Waals surface area contributed by atoms with Crippen LogP contribution in [0.5, 0.6) is 5.75 Å². The van der Waals surface area contributed by atoms with E-state index >= 15 is 0 Å². The molecule has 1 atom stereocenters. The summed E-state index contributed by atoms with van der Waals surface area (Å²) in [7, 11) is 1.60. The van der Waals surface area contributed by atoms with Gasteiger partial charge in [0.15, 0.2) is 6.61 Å². The number of nitrogens with zero attached hydrogens (tertiary/aromatic N) is 1. The normalized spacial score (nSPS) is 14.6. The predicted octanol–water partition coefficient (Wildman–Crippen LogP) is 2.59. The van der Waals surface area contributed by atoms with Crippen molar-refractivity contribution in [2.45, 2.75) is 19.4 Å². The largest absolute Gasteiger partial charge is 0.483 e. The first-order valence-electron chi connectivity index (χ1n) is 9.44. The van der Waals surface area contributed by atoms with Crippen molar-refractivity contribution in [3.63, 3.8) is 0 Å². The van der Waals surface area contributed by atoms with Crippen LogP contribution < -0.4 is 10.1 Å². The van der Waals surface area contributed by atoms with Crippen LogP contribution in [0.4, 0.5) is 0 Å². The Kier molecular flexibility index (Phi) is 6.66. The summed E-state index contributed by atoms with van der Waals surface area (Å²) in [5.74, 6) is 0.638. The van der Waals surface area contributed by atoms with Crippen LogP contribution in [0, 0.1) is 0 Å². The van der Waals surface area contributed by atoms with Gasteiger partial charge in [-0.25, -0.2) is 0 Å². The fraction of sp³-hybridized carbons (Fsp3) is 0.364. The molecule has 1 aliphatic rings. The van der Waals surface area contributed by atoms with E-state index in [2.05, 4.69) is 24.4 Å². The van der Waals surface area contributed by atoms with E-state index in [1.807, 2.05) is 18.2 Å². The van der Waals surface area contributed by atoms with E-state index in [9.17, 15) is 9.59 Å². The van der Waals surface area contributed by atoms with Crippen LogP contribution in [0.15, 0.2) is 48.5 Å². The Morgan fingerprint density at radius 1 is 1.25 bits per heavy atom. The van der Waals surface area contributed by atoms with Crippen molar-refractivity contribution in [2.24, 2.45) is 0 Å². The Labute approximate surface area is 165 Å². The third-order valence-corrected chi connectivity index (χ3v) is 4.89. The Morgan fingerprint density at radius 2 is 2.04 bits per heavy atom. The number of carbonyl (C=O) groups is 2. The summed E-state index contributed by atoms with van der Waals surface area (Å²) in [6, 6.07) is 15.4. The Hall–Kier alpha value is -2.86. The summed E-state index contributed by atoms with van der Waals surface area (Å²) >= 11 is 0. The maximum absolute atomic E-state index is 12.6. The smallest absolute Gasteiger partial charge is 0.260 e. The molecule has 0 spiro atoms. The van der Waals surface area contributed by atoms with Crippen molar-refractivity contribution in [3.8, 4) is 5.75 Å². The Balaban J connectivity index is 1.67. The summed E-state index contributed by atoms with van der Waals surface area (Å²) in [4.78, 5) is 26.5. The second kappa shape index (κ2) is 9.37.